The first-order valence-electron chi connectivity index (χ1n) is 6.99. The van der Waals surface area contributed by atoms with E-state index in [-0.39, 0.29) is 0 Å². The Morgan fingerprint density at radius 1 is 1.19 bits per heavy atom. The number of hydrogen-bond donors (Lipinski definition) is 1. The maximum Gasteiger partial charge on any atom is 0.0724 e. The Morgan fingerprint density at radius 3 is 2.25 bits per heavy atom. The molecule has 16 heavy (non-hydrogen) atoms. The minimum absolute atomic E-state index is 0.387. The van der Waals surface area contributed by atoms with Crippen LogP contribution in [0.5, 0.6) is 0 Å². The van der Waals surface area contributed by atoms with E-state index in [1.54, 1.807) is 0 Å². The minimum atomic E-state index is 0.387. The summed E-state index contributed by atoms with van der Waals surface area (Å²) in [6.45, 7) is 7.85. The summed E-state index contributed by atoms with van der Waals surface area (Å²) in [6.07, 6.45) is 7.04. The summed E-state index contributed by atoms with van der Waals surface area (Å²) in [4.78, 5) is 0. The van der Waals surface area contributed by atoms with Crippen molar-refractivity contribution >= 4 is 0 Å². The second kappa shape index (κ2) is 7.29. The topological polar surface area (TPSA) is 21.3 Å². The van der Waals surface area contributed by atoms with Gasteiger partial charge in [-0.25, -0.2) is 0 Å². The van der Waals surface area contributed by atoms with E-state index in [4.69, 9.17) is 4.74 Å². The molecule has 2 unspecified atom stereocenters. The first-order chi connectivity index (χ1) is 7.72. The Bertz CT molecular complexity index is 172. The summed E-state index contributed by atoms with van der Waals surface area (Å²) in [6, 6.07) is 0.562. The fraction of sp³-hybridized carbons (Fsp3) is 1.00. The Labute approximate surface area is 101 Å². The van der Waals surface area contributed by atoms with Crippen LogP contribution in [0.2, 0.25) is 0 Å². The van der Waals surface area contributed by atoms with Gasteiger partial charge in [0.05, 0.1) is 6.10 Å². The second-order valence-corrected chi connectivity index (χ2v) is 5.29. The monoisotopic (exact) mass is 227 g/mol. The molecule has 1 fully saturated rings. The largest absolute Gasteiger partial charge is 0.380 e. The van der Waals surface area contributed by atoms with Crippen LogP contribution in [0, 0.1) is 11.8 Å². The molecule has 96 valence electrons. The molecule has 0 radical (unpaired) electrons. The van der Waals surface area contributed by atoms with Gasteiger partial charge in [0.2, 0.25) is 0 Å². The fourth-order valence-electron chi connectivity index (χ4n) is 3.05. The van der Waals surface area contributed by atoms with Crippen LogP contribution in [0.4, 0.5) is 0 Å². The summed E-state index contributed by atoms with van der Waals surface area (Å²) < 4.78 is 5.63. The molecule has 0 aromatic heterocycles. The molecule has 2 nitrogen and oxygen atoms in total. The quantitative estimate of drug-likeness (QED) is 0.752. The molecule has 0 amide bonds. The predicted molar refractivity (Wildman–Crippen MR) is 69.7 cm³/mol. The molecule has 1 aliphatic rings. The van der Waals surface area contributed by atoms with Crippen LogP contribution >= 0.6 is 0 Å². The normalized spacial score (nSPS) is 30.0. The molecular weight excluding hydrogens is 198 g/mol. The molecule has 2 heteroatoms. The zero-order valence-electron chi connectivity index (χ0n) is 11.5. The van der Waals surface area contributed by atoms with Crippen molar-refractivity contribution in [1.82, 2.24) is 5.32 Å². The van der Waals surface area contributed by atoms with Crippen LogP contribution in [0.3, 0.4) is 0 Å². The van der Waals surface area contributed by atoms with Gasteiger partial charge in [0.1, 0.15) is 0 Å². The average Bonchev–Trinajstić information content (AvgIpc) is 2.31. The van der Waals surface area contributed by atoms with Crippen molar-refractivity contribution in [2.24, 2.45) is 11.8 Å². The second-order valence-electron chi connectivity index (χ2n) is 5.29. The summed E-state index contributed by atoms with van der Waals surface area (Å²) in [5.41, 5.74) is 0. The first kappa shape index (κ1) is 14.0. The van der Waals surface area contributed by atoms with Crippen molar-refractivity contribution in [2.45, 2.75) is 65.0 Å². The van der Waals surface area contributed by atoms with E-state index >= 15 is 0 Å². The van der Waals surface area contributed by atoms with Gasteiger partial charge in [-0.3, -0.25) is 0 Å². The van der Waals surface area contributed by atoms with Crippen LogP contribution in [0.25, 0.3) is 0 Å². The Morgan fingerprint density at radius 2 is 1.81 bits per heavy atom. The van der Waals surface area contributed by atoms with Gasteiger partial charge in [0, 0.05) is 13.2 Å². The molecule has 1 N–H and O–H groups in total. The molecule has 1 aliphatic carbocycles. The molecule has 0 aliphatic heterocycles. The zero-order valence-corrected chi connectivity index (χ0v) is 11.5. The van der Waals surface area contributed by atoms with Gasteiger partial charge < -0.3 is 10.1 Å². The molecule has 0 aromatic carbocycles. The molecule has 0 heterocycles. The number of likely N-dealkylation sites (N-methyl/N-ethyl adjacent to an activating group) is 1. The van der Waals surface area contributed by atoms with E-state index in [2.05, 4.69) is 26.1 Å². The van der Waals surface area contributed by atoms with Gasteiger partial charge in [-0.15, -0.1) is 0 Å². The molecule has 0 spiro atoms. The third kappa shape index (κ3) is 3.74. The van der Waals surface area contributed by atoms with Crippen LogP contribution in [-0.4, -0.2) is 25.8 Å². The highest BCUT2D eigenvalue weighted by Crippen LogP contribution is 2.32. The maximum atomic E-state index is 5.63. The number of ether oxygens (including phenoxy) is 1. The fourth-order valence-corrected chi connectivity index (χ4v) is 3.05. The van der Waals surface area contributed by atoms with Crippen LogP contribution in [-0.2, 0) is 4.74 Å². The SMILES string of the molecule is CCNC(C1CCC(C)CC1)C(CC)OC. The van der Waals surface area contributed by atoms with Gasteiger partial charge in [-0.2, -0.15) is 0 Å². The highest BCUT2D eigenvalue weighted by molar-refractivity contribution is 4.86. The first-order valence-corrected chi connectivity index (χ1v) is 6.99. The van der Waals surface area contributed by atoms with Crippen molar-refractivity contribution in [3.63, 3.8) is 0 Å². The number of rotatable bonds is 6. The van der Waals surface area contributed by atoms with Crippen molar-refractivity contribution in [2.75, 3.05) is 13.7 Å². The lowest BCUT2D eigenvalue weighted by Gasteiger charge is -2.37. The van der Waals surface area contributed by atoms with E-state index in [0.717, 1.165) is 24.8 Å². The molecule has 0 saturated heterocycles. The minimum Gasteiger partial charge on any atom is -0.380 e. The lowest BCUT2D eigenvalue weighted by atomic mass is 9.77. The lowest BCUT2D eigenvalue weighted by Crippen LogP contribution is -2.47. The van der Waals surface area contributed by atoms with Crippen molar-refractivity contribution in [3.05, 3.63) is 0 Å². The molecule has 2 atom stereocenters. The van der Waals surface area contributed by atoms with E-state index in [0.29, 0.717) is 12.1 Å². The third-order valence-corrected chi connectivity index (χ3v) is 4.11. The average molecular weight is 227 g/mol. The molecule has 0 bridgehead atoms. The van der Waals surface area contributed by atoms with Gasteiger partial charge in [-0.1, -0.05) is 33.6 Å². The van der Waals surface area contributed by atoms with E-state index in [1.165, 1.54) is 25.7 Å². The van der Waals surface area contributed by atoms with Crippen LogP contribution in [0.15, 0.2) is 0 Å². The molecule has 1 saturated carbocycles. The van der Waals surface area contributed by atoms with E-state index < -0.39 is 0 Å². The lowest BCUT2D eigenvalue weighted by molar-refractivity contribution is 0.0344. The standard InChI is InChI=1S/C14H29NO/c1-5-13(16-4)14(15-6-2)12-9-7-11(3)8-10-12/h11-15H,5-10H2,1-4H3. The summed E-state index contributed by atoms with van der Waals surface area (Å²) in [5, 5.41) is 3.64. The van der Waals surface area contributed by atoms with Crippen molar-refractivity contribution < 1.29 is 4.74 Å². The van der Waals surface area contributed by atoms with Gasteiger partial charge in [0.15, 0.2) is 0 Å². The number of nitrogens with one attached hydrogen (secondary N) is 1. The number of methoxy groups -OCH3 is 1. The molecular formula is C14H29NO. The summed E-state index contributed by atoms with van der Waals surface area (Å²) >= 11 is 0. The van der Waals surface area contributed by atoms with Gasteiger partial charge >= 0.3 is 0 Å². The van der Waals surface area contributed by atoms with Crippen molar-refractivity contribution in [1.29, 1.82) is 0 Å². The molecule has 0 aromatic rings. The van der Waals surface area contributed by atoms with E-state index in [9.17, 15) is 0 Å². The maximum absolute atomic E-state index is 5.63. The Hall–Kier alpha value is -0.0800. The third-order valence-electron chi connectivity index (χ3n) is 4.11. The Balaban J connectivity index is 2.54. The molecule has 1 rings (SSSR count). The van der Waals surface area contributed by atoms with E-state index in [1.807, 2.05) is 7.11 Å². The smallest absolute Gasteiger partial charge is 0.0724 e. The van der Waals surface area contributed by atoms with Crippen LogP contribution < -0.4 is 5.32 Å². The predicted octanol–water partition coefficient (Wildman–Crippen LogP) is 3.22. The van der Waals surface area contributed by atoms with Gasteiger partial charge in [0.25, 0.3) is 0 Å². The van der Waals surface area contributed by atoms with Gasteiger partial charge in [-0.05, 0) is 37.6 Å². The van der Waals surface area contributed by atoms with Crippen LogP contribution in [0.1, 0.15) is 52.9 Å². The number of hydrogen-bond acceptors (Lipinski definition) is 2. The Kier molecular flexibility index (Phi) is 6.37. The summed E-state index contributed by atoms with van der Waals surface area (Å²) in [5.74, 6) is 1.75. The van der Waals surface area contributed by atoms with Crippen molar-refractivity contribution in [3.8, 4) is 0 Å². The highest BCUT2D eigenvalue weighted by atomic mass is 16.5. The summed E-state index contributed by atoms with van der Waals surface area (Å²) in [7, 11) is 1.85. The highest BCUT2D eigenvalue weighted by Gasteiger charge is 2.30. The zero-order chi connectivity index (χ0) is 12.0.